The van der Waals surface area contributed by atoms with Gasteiger partial charge in [-0.15, -0.1) is 0 Å². The molecule has 2 bridgehead atoms. The van der Waals surface area contributed by atoms with Gasteiger partial charge in [-0.3, -0.25) is 9.69 Å². The van der Waals surface area contributed by atoms with Crippen molar-refractivity contribution in [2.24, 2.45) is 5.92 Å². The maximum absolute atomic E-state index is 13.2. The van der Waals surface area contributed by atoms with E-state index >= 15 is 0 Å². The van der Waals surface area contributed by atoms with E-state index in [1.807, 2.05) is 42.5 Å². The van der Waals surface area contributed by atoms with Crippen LogP contribution in [0.4, 0.5) is 0 Å². The van der Waals surface area contributed by atoms with Crippen molar-refractivity contribution in [3.63, 3.8) is 0 Å². The molecule has 4 atom stereocenters. The molecule has 2 heterocycles. The summed E-state index contributed by atoms with van der Waals surface area (Å²) >= 11 is 2.43. The number of nitrogens with zero attached hydrogens (tertiary/aromatic N) is 1. The number of ether oxygens (including phenoxy) is 1. The molecule has 2 aliphatic heterocycles. The Bertz CT molecular complexity index is 911. The molecule has 2 unspecified atom stereocenters. The van der Waals surface area contributed by atoms with E-state index in [1.165, 1.54) is 21.1 Å². The van der Waals surface area contributed by atoms with E-state index in [4.69, 9.17) is 4.74 Å². The highest BCUT2D eigenvalue weighted by molar-refractivity contribution is 14.1. The fourth-order valence-electron chi connectivity index (χ4n) is 5.19. The Labute approximate surface area is 193 Å². The molecule has 2 saturated heterocycles. The van der Waals surface area contributed by atoms with Gasteiger partial charge in [0.1, 0.15) is 6.61 Å². The number of aryl methyl sites for hydroxylation is 1. The first kappa shape index (κ1) is 21.6. The second-order valence-corrected chi connectivity index (χ2v) is 9.64. The maximum Gasteiger partial charge on any atom is 0.311 e. The van der Waals surface area contributed by atoms with Gasteiger partial charge >= 0.3 is 5.97 Å². The monoisotopic (exact) mass is 515 g/mol. The molecule has 0 saturated carbocycles. The summed E-state index contributed by atoms with van der Waals surface area (Å²) in [5, 5.41) is 0. The van der Waals surface area contributed by atoms with E-state index in [1.54, 1.807) is 0 Å². The molecular formula is C26H30INO2. The van der Waals surface area contributed by atoms with Crippen LogP contribution in [-0.4, -0.2) is 36.6 Å². The van der Waals surface area contributed by atoms with Crippen LogP contribution in [0.15, 0.2) is 54.6 Å². The average molecular weight is 515 g/mol. The van der Waals surface area contributed by atoms with E-state index in [0.29, 0.717) is 12.6 Å². The summed E-state index contributed by atoms with van der Waals surface area (Å²) in [6.45, 7) is 2.51. The summed E-state index contributed by atoms with van der Waals surface area (Å²) in [6.07, 6.45) is 8.28. The number of rotatable bonds is 6. The van der Waals surface area contributed by atoms with Crippen LogP contribution in [0.1, 0.15) is 48.8 Å². The smallest absolute Gasteiger partial charge is 0.311 e. The number of carbonyl (C=O) groups is 1. The maximum atomic E-state index is 13.2. The molecule has 0 amide bonds. The van der Waals surface area contributed by atoms with E-state index in [0.717, 1.165) is 24.8 Å². The van der Waals surface area contributed by atoms with Crippen molar-refractivity contribution in [3.05, 3.63) is 74.9 Å². The van der Waals surface area contributed by atoms with Crippen LogP contribution in [-0.2, 0) is 16.0 Å². The van der Waals surface area contributed by atoms with Gasteiger partial charge in [0, 0.05) is 21.6 Å². The minimum atomic E-state index is -0.0952. The highest BCUT2D eigenvalue weighted by Crippen LogP contribution is 2.47. The summed E-state index contributed by atoms with van der Waals surface area (Å²) in [6, 6.07) is 17.7. The van der Waals surface area contributed by atoms with Crippen molar-refractivity contribution < 1.29 is 9.53 Å². The molecule has 0 N–H and O–H groups in total. The van der Waals surface area contributed by atoms with Gasteiger partial charge in [-0.1, -0.05) is 55.5 Å². The highest BCUT2D eigenvalue weighted by atomic mass is 127. The number of fused-ring (bicyclic) bond motifs is 2. The normalized spacial score (nSPS) is 26.2. The van der Waals surface area contributed by atoms with Crippen LogP contribution in [0.3, 0.4) is 0 Å². The highest BCUT2D eigenvalue weighted by Gasteiger charge is 2.49. The third kappa shape index (κ3) is 4.50. The SMILES string of the molecule is CCc1ccc([C@H]2C[C@H]3CCC(C2C(=O)OCC=Cc2ccccc2)N3C)cc1I. The minimum Gasteiger partial charge on any atom is -0.461 e. The summed E-state index contributed by atoms with van der Waals surface area (Å²) in [4.78, 5) is 15.7. The molecule has 4 rings (SSSR count). The predicted octanol–water partition coefficient (Wildman–Crippen LogP) is 5.68. The van der Waals surface area contributed by atoms with Crippen molar-refractivity contribution in [2.75, 3.05) is 13.7 Å². The Morgan fingerprint density at radius 1 is 1.20 bits per heavy atom. The number of benzene rings is 2. The lowest BCUT2D eigenvalue weighted by molar-refractivity contribution is -0.152. The Morgan fingerprint density at radius 2 is 2.00 bits per heavy atom. The molecule has 158 valence electrons. The van der Waals surface area contributed by atoms with Crippen LogP contribution >= 0.6 is 22.6 Å². The van der Waals surface area contributed by atoms with E-state index in [9.17, 15) is 4.79 Å². The second kappa shape index (κ2) is 9.65. The average Bonchev–Trinajstić information content (AvgIpc) is 2.99. The number of piperidine rings is 1. The van der Waals surface area contributed by atoms with Gasteiger partial charge in [-0.2, -0.15) is 0 Å². The molecule has 2 aromatic carbocycles. The fraction of sp³-hybridized carbons (Fsp3) is 0.423. The summed E-state index contributed by atoms with van der Waals surface area (Å²) in [5.74, 6) is 0.0929. The number of hydrogen-bond donors (Lipinski definition) is 0. The first-order chi connectivity index (χ1) is 14.6. The molecule has 0 aromatic heterocycles. The molecule has 0 radical (unpaired) electrons. The lowest BCUT2D eigenvalue weighted by Gasteiger charge is -2.42. The van der Waals surface area contributed by atoms with E-state index in [-0.39, 0.29) is 23.8 Å². The lowest BCUT2D eigenvalue weighted by Crippen LogP contribution is -2.49. The fourth-order valence-corrected chi connectivity index (χ4v) is 6.11. The zero-order valence-corrected chi connectivity index (χ0v) is 19.9. The Hall–Kier alpha value is -1.66. The summed E-state index contributed by atoms with van der Waals surface area (Å²) in [7, 11) is 2.18. The zero-order chi connectivity index (χ0) is 21.1. The zero-order valence-electron chi connectivity index (χ0n) is 17.8. The Kier molecular flexibility index (Phi) is 6.94. The van der Waals surface area contributed by atoms with Crippen molar-refractivity contribution in [2.45, 2.75) is 50.6 Å². The van der Waals surface area contributed by atoms with Crippen molar-refractivity contribution >= 4 is 34.6 Å². The van der Waals surface area contributed by atoms with Gasteiger partial charge < -0.3 is 4.74 Å². The van der Waals surface area contributed by atoms with Gasteiger partial charge in [0.2, 0.25) is 0 Å². The summed E-state index contributed by atoms with van der Waals surface area (Å²) in [5.41, 5.74) is 3.79. The first-order valence-electron chi connectivity index (χ1n) is 11.0. The molecule has 0 aliphatic carbocycles. The quantitative estimate of drug-likeness (QED) is 0.367. The topological polar surface area (TPSA) is 29.5 Å². The molecule has 30 heavy (non-hydrogen) atoms. The van der Waals surface area contributed by atoms with Crippen LogP contribution in [0, 0.1) is 9.49 Å². The van der Waals surface area contributed by atoms with Crippen LogP contribution in [0.5, 0.6) is 0 Å². The van der Waals surface area contributed by atoms with Gasteiger partial charge in [0.25, 0.3) is 0 Å². The van der Waals surface area contributed by atoms with Crippen molar-refractivity contribution in [1.29, 1.82) is 0 Å². The molecule has 4 heteroatoms. The third-order valence-corrected chi connectivity index (χ3v) is 7.86. The number of hydrogen-bond acceptors (Lipinski definition) is 3. The third-order valence-electron chi connectivity index (χ3n) is 6.86. The standard InChI is InChI=1S/C26H30INO2/c1-3-19-11-12-20(16-23(19)27)22-17-21-13-14-24(28(21)2)25(22)26(29)30-15-7-10-18-8-5-4-6-9-18/h4-12,16,21-22,24-25H,3,13-15,17H2,1-2H3/t21-,22-,24?,25?/m1/s1. The van der Waals surface area contributed by atoms with Gasteiger partial charge in [0.15, 0.2) is 0 Å². The van der Waals surface area contributed by atoms with Crippen LogP contribution < -0.4 is 0 Å². The minimum absolute atomic E-state index is 0.0514. The first-order valence-corrected chi connectivity index (χ1v) is 12.0. The Balaban J connectivity index is 1.50. The van der Waals surface area contributed by atoms with Gasteiger partial charge in [0.05, 0.1) is 5.92 Å². The largest absolute Gasteiger partial charge is 0.461 e. The predicted molar refractivity (Wildman–Crippen MR) is 130 cm³/mol. The molecule has 2 fully saturated rings. The second-order valence-electron chi connectivity index (χ2n) is 8.48. The molecule has 3 nitrogen and oxygen atoms in total. The molecular weight excluding hydrogens is 485 g/mol. The number of halogens is 1. The number of carbonyl (C=O) groups excluding carboxylic acids is 1. The van der Waals surface area contributed by atoms with E-state index < -0.39 is 0 Å². The van der Waals surface area contributed by atoms with E-state index in [2.05, 4.69) is 59.7 Å². The number of esters is 1. The molecule has 0 spiro atoms. The Morgan fingerprint density at radius 3 is 2.73 bits per heavy atom. The van der Waals surface area contributed by atoms with Crippen molar-refractivity contribution in [3.8, 4) is 0 Å². The lowest BCUT2D eigenvalue weighted by atomic mass is 9.76. The van der Waals surface area contributed by atoms with Gasteiger partial charge in [-0.25, -0.2) is 0 Å². The van der Waals surface area contributed by atoms with Gasteiger partial charge in [-0.05, 0) is 84.2 Å². The van der Waals surface area contributed by atoms with Crippen molar-refractivity contribution in [1.82, 2.24) is 4.90 Å². The van der Waals surface area contributed by atoms with Crippen LogP contribution in [0.25, 0.3) is 6.08 Å². The molecule has 2 aliphatic rings. The molecule has 2 aromatic rings. The summed E-state index contributed by atoms with van der Waals surface area (Å²) < 4.78 is 7.08. The van der Waals surface area contributed by atoms with Crippen LogP contribution in [0.2, 0.25) is 0 Å².